The molecule has 3 aromatic rings. The predicted molar refractivity (Wildman–Crippen MR) is 101 cm³/mol. The van der Waals surface area contributed by atoms with Crippen molar-refractivity contribution in [3.8, 4) is 27.6 Å². The molecule has 0 unspecified atom stereocenters. The van der Waals surface area contributed by atoms with Crippen LogP contribution in [0.5, 0.6) is 5.75 Å². The molecule has 0 atom stereocenters. The Balaban J connectivity index is 1.73. The quantitative estimate of drug-likeness (QED) is 0.693. The van der Waals surface area contributed by atoms with Crippen molar-refractivity contribution in [2.24, 2.45) is 0 Å². The lowest BCUT2D eigenvalue weighted by atomic mass is 10.1. The van der Waals surface area contributed by atoms with Gasteiger partial charge in [0.2, 0.25) is 0 Å². The van der Waals surface area contributed by atoms with E-state index in [4.69, 9.17) is 9.72 Å². The van der Waals surface area contributed by atoms with E-state index in [1.165, 1.54) is 0 Å². The molecule has 0 bridgehead atoms. The number of carbonyl (C=O) groups is 1. The molecule has 0 N–H and O–H groups in total. The number of fused-ring (bicyclic) bond motifs is 1. The van der Waals surface area contributed by atoms with Gasteiger partial charge in [-0.2, -0.15) is 0 Å². The van der Waals surface area contributed by atoms with Crippen LogP contribution in [0.3, 0.4) is 0 Å². The lowest BCUT2D eigenvalue weighted by Gasteiger charge is -2.32. The zero-order valence-corrected chi connectivity index (χ0v) is 14.9. The molecular formula is C20H18N2O2S. The third-order valence-corrected chi connectivity index (χ3v) is 5.07. The summed E-state index contributed by atoms with van der Waals surface area (Å²) in [5.41, 5.74) is 3.83. The van der Waals surface area contributed by atoms with Gasteiger partial charge in [0.1, 0.15) is 10.8 Å². The average molecular weight is 350 g/mol. The first-order valence-corrected chi connectivity index (χ1v) is 9.11. The number of carbonyl (C=O) groups excluding carboxylic acids is 1. The van der Waals surface area contributed by atoms with Crippen molar-refractivity contribution in [1.29, 1.82) is 0 Å². The smallest absolute Gasteiger partial charge is 0.265 e. The Kier molecular flexibility index (Phi) is 4.01. The van der Waals surface area contributed by atoms with E-state index in [1.54, 1.807) is 16.2 Å². The lowest BCUT2D eigenvalue weighted by Crippen LogP contribution is -2.43. The van der Waals surface area contributed by atoms with Gasteiger partial charge in [0.15, 0.2) is 6.61 Å². The average Bonchev–Trinajstić information content (AvgIpc) is 3.11. The predicted octanol–water partition coefficient (Wildman–Crippen LogP) is 4.61. The molecule has 0 fully saturated rings. The Morgan fingerprint density at radius 1 is 1.12 bits per heavy atom. The van der Waals surface area contributed by atoms with E-state index >= 15 is 0 Å². The van der Waals surface area contributed by atoms with Crippen molar-refractivity contribution in [3.63, 3.8) is 0 Å². The minimum absolute atomic E-state index is 0.0112. The molecule has 1 aromatic heterocycles. The largest absolute Gasteiger partial charge is 0.482 e. The highest BCUT2D eigenvalue weighted by atomic mass is 32.1. The number of hydrogen-bond donors (Lipinski definition) is 0. The maximum atomic E-state index is 12.2. The molecule has 25 heavy (non-hydrogen) atoms. The number of amides is 1. The van der Waals surface area contributed by atoms with E-state index in [1.807, 2.05) is 50.2 Å². The molecule has 5 heteroatoms. The first kappa shape index (κ1) is 15.8. The molecule has 2 heterocycles. The van der Waals surface area contributed by atoms with E-state index in [-0.39, 0.29) is 18.6 Å². The zero-order chi connectivity index (χ0) is 17.4. The second-order valence-electron chi connectivity index (χ2n) is 6.23. The van der Waals surface area contributed by atoms with Gasteiger partial charge in [-0.3, -0.25) is 4.79 Å². The Labute approximate surface area is 150 Å². The highest BCUT2D eigenvalue weighted by Gasteiger charge is 2.28. The number of thiazole rings is 1. The summed E-state index contributed by atoms with van der Waals surface area (Å²) in [5.74, 6) is 0.735. The Hall–Kier alpha value is -2.66. The van der Waals surface area contributed by atoms with Crippen molar-refractivity contribution in [3.05, 3.63) is 53.9 Å². The molecule has 0 saturated heterocycles. The molecule has 126 valence electrons. The first-order valence-electron chi connectivity index (χ1n) is 8.24. The van der Waals surface area contributed by atoms with Gasteiger partial charge in [0.05, 0.1) is 11.4 Å². The first-order chi connectivity index (χ1) is 12.1. The van der Waals surface area contributed by atoms with Crippen LogP contribution < -0.4 is 9.64 Å². The van der Waals surface area contributed by atoms with Gasteiger partial charge < -0.3 is 9.64 Å². The van der Waals surface area contributed by atoms with Crippen molar-refractivity contribution in [2.75, 3.05) is 11.5 Å². The summed E-state index contributed by atoms with van der Waals surface area (Å²) in [4.78, 5) is 18.8. The van der Waals surface area contributed by atoms with Crippen LogP contribution in [0, 0.1) is 0 Å². The highest BCUT2D eigenvalue weighted by molar-refractivity contribution is 7.13. The zero-order valence-electron chi connectivity index (χ0n) is 14.1. The topological polar surface area (TPSA) is 42.4 Å². The fourth-order valence-electron chi connectivity index (χ4n) is 3.02. The number of ether oxygens (including phenoxy) is 1. The van der Waals surface area contributed by atoms with Crippen LogP contribution >= 0.6 is 11.3 Å². The summed E-state index contributed by atoms with van der Waals surface area (Å²) >= 11 is 1.62. The lowest BCUT2D eigenvalue weighted by molar-refractivity contribution is -0.121. The fourth-order valence-corrected chi connectivity index (χ4v) is 3.85. The molecule has 4 rings (SSSR count). The second-order valence-corrected chi connectivity index (χ2v) is 7.09. The van der Waals surface area contributed by atoms with E-state index in [9.17, 15) is 4.79 Å². The summed E-state index contributed by atoms with van der Waals surface area (Å²) in [5, 5.41) is 3.04. The van der Waals surface area contributed by atoms with Crippen LogP contribution in [0.4, 0.5) is 5.69 Å². The Morgan fingerprint density at radius 3 is 2.68 bits per heavy atom. The number of aromatic nitrogens is 1. The van der Waals surface area contributed by atoms with Gasteiger partial charge >= 0.3 is 0 Å². The van der Waals surface area contributed by atoms with Crippen molar-refractivity contribution in [2.45, 2.75) is 19.9 Å². The molecule has 2 aromatic carbocycles. The Morgan fingerprint density at radius 2 is 1.92 bits per heavy atom. The van der Waals surface area contributed by atoms with E-state index < -0.39 is 0 Å². The molecule has 1 amide bonds. The van der Waals surface area contributed by atoms with Crippen LogP contribution in [0.15, 0.2) is 53.9 Å². The maximum absolute atomic E-state index is 12.2. The number of rotatable bonds is 3. The third-order valence-electron chi connectivity index (χ3n) is 4.18. The molecule has 1 aliphatic rings. The van der Waals surface area contributed by atoms with Gasteiger partial charge in [-0.1, -0.05) is 30.3 Å². The summed E-state index contributed by atoms with van der Waals surface area (Å²) in [6, 6.07) is 16.1. The SMILES string of the molecule is CC(C)N1C(=O)COc2ccc(-c3csc(-c4ccccc4)n3)cc21. The molecule has 0 saturated carbocycles. The molecular weight excluding hydrogens is 332 g/mol. The maximum Gasteiger partial charge on any atom is 0.265 e. The third kappa shape index (κ3) is 2.91. The van der Waals surface area contributed by atoms with Gasteiger partial charge in [0.25, 0.3) is 5.91 Å². The fraction of sp³-hybridized carbons (Fsp3) is 0.200. The molecule has 0 radical (unpaired) electrons. The van der Waals surface area contributed by atoms with Crippen molar-refractivity contribution >= 4 is 22.9 Å². The van der Waals surface area contributed by atoms with Crippen molar-refractivity contribution < 1.29 is 9.53 Å². The monoisotopic (exact) mass is 350 g/mol. The summed E-state index contributed by atoms with van der Waals surface area (Å²) in [7, 11) is 0. The highest BCUT2D eigenvalue weighted by Crippen LogP contribution is 2.38. The van der Waals surface area contributed by atoms with Crippen LogP contribution in [0.1, 0.15) is 13.8 Å². The number of hydrogen-bond acceptors (Lipinski definition) is 4. The van der Waals surface area contributed by atoms with E-state index in [0.717, 1.165) is 33.3 Å². The molecule has 0 spiro atoms. The van der Waals surface area contributed by atoms with Crippen LogP contribution in [0.25, 0.3) is 21.8 Å². The Bertz CT molecular complexity index is 918. The molecule has 0 aliphatic carbocycles. The van der Waals surface area contributed by atoms with E-state index in [0.29, 0.717) is 0 Å². The van der Waals surface area contributed by atoms with Crippen LogP contribution in [0.2, 0.25) is 0 Å². The molecule has 1 aliphatic heterocycles. The minimum Gasteiger partial charge on any atom is -0.482 e. The minimum atomic E-state index is -0.0112. The number of nitrogens with zero attached hydrogens (tertiary/aromatic N) is 2. The van der Waals surface area contributed by atoms with Crippen molar-refractivity contribution in [1.82, 2.24) is 4.98 Å². The summed E-state index contributed by atoms with van der Waals surface area (Å²) in [6.45, 7) is 4.12. The van der Waals surface area contributed by atoms with Gasteiger partial charge in [0, 0.05) is 22.5 Å². The standard InChI is InChI=1S/C20H18N2O2S/c1-13(2)22-17-10-15(8-9-18(17)24-11-19(22)23)16-12-25-20(21-16)14-6-4-3-5-7-14/h3-10,12-13H,11H2,1-2H3. The van der Waals surface area contributed by atoms with Gasteiger partial charge in [-0.15, -0.1) is 11.3 Å². The normalized spacial score (nSPS) is 13.7. The summed E-state index contributed by atoms with van der Waals surface area (Å²) < 4.78 is 5.57. The van der Waals surface area contributed by atoms with Gasteiger partial charge in [-0.05, 0) is 32.0 Å². The van der Waals surface area contributed by atoms with Gasteiger partial charge in [-0.25, -0.2) is 4.98 Å². The molecule has 4 nitrogen and oxygen atoms in total. The van der Waals surface area contributed by atoms with E-state index in [2.05, 4.69) is 17.5 Å². The number of benzene rings is 2. The summed E-state index contributed by atoms with van der Waals surface area (Å²) in [6.07, 6.45) is 0. The van der Waals surface area contributed by atoms with Crippen LogP contribution in [-0.4, -0.2) is 23.5 Å². The second kappa shape index (κ2) is 6.33. The number of anilines is 1. The van der Waals surface area contributed by atoms with Crippen LogP contribution in [-0.2, 0) is 4.79 Å².